The Balaban J connectivity index is 1.58. The zero-order valence-electron chi connectivity index (χ0n) is 16.7. The maximum atomic E-state index is 13.3. The van der Waals surface area contributed by atoms with Gasteiger partial charge in [-0.15, -0.1) is 0 Å². The van der Waals surface area contributed by atoms with Crippen molar-refractivity contribution in [1.82, 2.24) is 4.90 Å². The first-order valence-corrected chi connectivity index (χ1v) is 9.83. The lowest BCUT2D eigenvalue weighted by Gasteiger charge is -2.22. The number of aryl methyl sites for hydroxylation is 1. The average Bonchev–Trinajstić information content (AvgIpc) is 3.19. The molecular formula is C26H22FNO2. The molecule has 0 fully saturated rings. The first-order chi connectivity index (χ1) is 14.6. The summed E-state index contributed by atoms with van der Waals surface area (Å²) in [5.74, 6) is 1.11. The maximum Gasteiger partial charge on any atom is 0.254 e. The summed E-state index contributed by atoms with van der Waals surface area (Å²) < 4.78 is 19.0. The number of hydrogen-bond acceptors (Lipinski definition) is 2. The minimum absolute atomic E-state index is 0.104. The molecule has 0 spiro atoms. The maximum absolute atomic E-state index is 13.3. The summed E-state index contributed by atoms with van der Waals surface area (Å²) in [6.07, 6.45) is 0. The van der Waals surface area contributed by atoms with Crippen LogP contribution in [0.5, 0.6) is 0 Å². The molecular weight excluding hydrogens is 377 g/mol. The molecule has 0 saturated carbocycles. The third kappa shape index (κ3) is 4.66. The van der Waals surface area contributed by atoms with Gasteiger partial charge in [-0.25, -0.2) is 4.39 Å². The highest BCUT2D eigenvalue weighted by molar-refractivity contribution is 5.94. The predicted octanol–water partition coefficient (Wildman–Crippen LogP) is 6.24. The highest BCUT2D eigenvalue weighted by Gasteiger charge is 2.18. The quantitative estimate of drug-likeness (QED) is 0.385. The van der Waals surface area contributed by atoms with Crippen molar-refractivity contribution in [2.24, 2.45) is 0 Å². The average molecular weight is 399 g/mol. The zero-order chi connectivity index (χ0) is 20.9. The van der Waals surface area contributed by atoms with Gasteiger partial charge in [0.2, 0.25) is 0 Å². The Morgan fingerprint density at radius 3 is 2.10 bits per heavy atom. The van der Waals surface area contributed by atoms with Crippen molar-refractivity contribution < 1.29 is 13.6 Å². The largest absolute Gasteiger partial charge is 0.464 e. The topological polar surface area (TPSA) is 33.5 Å². The van der Waals surface area contributed by atoms with Gasteiger partial charge in [-0.3, -0.25) is 4.79 Å². The van der Waals surface area contributed by atoms with Crippen LogP contribution in [0.3, 0.4) is 0 Å². The van der Waals surface area contributed by atoms with E-state index in [9.17, 15) is 9.18 Å². The number of benzene rings is 3. The lowest BCUT2D eigenvalue weighted by Crippen LogP contribution is -2.30. The summed E-state index contributed by atoms with van der Waals surface area (Å²) in [6, 6.07) is 27.6. The van der Waals surface area contributed by atoms with Gasteiger partial charge in [0.05, 0.1) is 6.54 Å². The van der Waals surface area contributed by atoms with Gasteiger partial charge in [0, 0.05) is 12.1 Å². The highest BCUT2D eigenvalue weighted by atomic mass is 19.1. The SMILES string of the molecule is Cc1ccc(CN(Cc2ccc(F)cc2)C(=O)c2ccc(-c3ccccc3)cc2)o1. The summed E-state index contributed by atoms with van der Waals surface area (Å²) in [6.45, 7) is 2.57. The molecule has 0 aliphatic rings. The van der Waals surface area contributed by atoms with E-state index >= 15 is 0 Å². The van der Waals surface area contributed by atoms with Crippen LogP contribution in [0.25, 0.3) is 11.1 Å². The molecule has 1 heterocycles. The van der Waals surface area contributed by atoms with E-state index in [2.05, 4.69) is 0 Å². The molecule has 0 bridgehead atoms. The van der Waals surface area contributed by atoms with Gasteiger partial charge < -0.3 is 9.32 Å². The number of carbonyl (C=O) groups excluding carboxylic acids is 1. The first kappa shape index (κ1) is 19.6. The zero-order valence-corrected chi connectivity index (χ0v) is 16.7. The molecule has 3 aromatic carbocycles. The second-order valence-corrected chi connectivity index (χ2v) is 7.24. The third-order valence-corrected chi connectivity index (χ3v) is 4.96. The van der Waals surface area contributed by atoms with Crippen molar-refractivity contribution in [1.29, 1.82) is 0 Å². The smallest absolute Gasteiger partial charge is 0.254 e. The lowest BCUT2D eigenvalue weighted by atomic mass is 10.0. The van der Waals surface area contributed by atoms with Crippen LogP contribution >= 0.6 is 0 Å². The number of amides is 1. The molecule has 1 amide bonds. The fourth-order valence-corrected chi connectivity index (χ4v) is 3.39. The summed E-state index contributed by atoms with van der Waals surface area (Å²) in [7, 11) is 0. The third-order valence-electron chi connectivity index (χ3n) is 4.96. The van der Waals surface area contributed by atoms with Crippen molar-refractivity contribution in [3.05, 3.63) is 119 Å². The monoisotopic (exact) mass is 399 g/mol. The van der Waals surface area contributed by atoms with Crippen molar-refractivity contribution in [3.8, 4) is 11.1 Å². The Bertz CT molecular complexity index is 1120. The summed E-state index contributed by atoms with van der Waals surface area (Å²) >= 11 is 0. The van der Waals surface area contributed by atoms with Crippen LogP contribution in [0.4, 0.5) is 4.39 Å². The van der Waals surface area contributed by atoms with Crippen LogP contribution in [-0.2, 0) is 13.1 Å². The fraction of sp³-hybridized carbons (Fsp3) is 0.115. The van der Waals surface area contributed by atoms with Crippen molar-refractivity contribution in [3.63, 3.8) is 0 Å². The van der Waals surface area contributed by atoms with E-state index in [1.165, 1.54) is 12.1 Å². The Hall–Kier alpha value is -3.66. The minimum atomic E-state index is -0.296. The number of carbonyl (C=O) groups is 1. The number of rotatable bonds is 6. The van der Waals surface area contributed by atoms with Gasteiger partial charge in [0.1, 0.15) is 17.3 Å². The van der Waals surface area contributed by atoms with Crippen LogP contribution in [0.1, 0.15) is 27.4 Å². The van der Waals surface area contributed by atoms with Crippen LogP contribution in [0.2, 0.25) is 0 Å². The van der Waals surface area contributed by atoms with Crippen LogP contribution in [-0.4, -0.2) is 10.8 Å². The summed E-state index contributed by atoms with van der Waals surface area (Å²) in [5.41, 5.74) is 3.61. The number of furan rings is 1. The summed E-state index contributed by atoms with van der Waals surface area (Å²) in [5, 5.41) is 0. The summed E-state index contributed by atoms with van der Waals surface area (Å²) in [4.78, 5) is 15.0. The molecule has 0 aliphatic heterocycles. The molecule has 1 aromatic heterocycles. The molecule has 0 radical (unpaired) electrons. The second-order valence-electron chi connectivity index (χ2n) is 7.24. The number of nitrogens with zero attached hydrogens (tertiary/aromatic N) is 1. The van der Waals surface area contributed by atoms with Crippen LogP contribution in [0, 0.1) is 12.7 Å². The Kier molecular flexibility index (Phi) is 5.75. The van der Waals surface area contributed by atoms with E-state index in [-0.39, 0.29) is 11.7 Å². The predicted molar refractivity (Wildman–Crippen MR) is 115 cm³/mol. The van der Waals surface area contributed by atoms with Crippen LogP contribution in [0.15, 0.2) is 95.4 Å². The fourth-order valence-electron chi connectivity index (χ4n) is 3.39. The van der Waals surface area contributed by atoms with Gasteiger partial charge in [0.25, 0.3) is 5.91 Å². The molecule has 0 unspecified atom stereocenters. The van der Waals surface area contributed by atoms with E-state index in [1.54, 1.807) is 17.0 Å². The van der Waals surface area contributed by atoms with E-state index < -0.39 is 0 Å². The standard InChI is InChI=1S/C26H22FNO2/c1-19-7-16-25(30-19)18-28(17-20-8-14-24(27)15-9-20)26(29)23-12-10-22(11-13-23)21-5-3-2-4-6-21/h2-16H,17-18H2,1H3. The molecule has 0 aliphatic carbocycles. The van der Waals surface area contributed by atoms with Gasteiger partial charge in [-0.05, 0) is 60.0 Å². The minimum Gasteiger partial charge on any atom is -0.464 e. The second kappa shape index (κ2) is 8.78. The normalized spacial score (nSPS) is 10.7. The van der Waals surface area contributed by atoms with E-state index in [0.29, 0.717) is 24.4 Å². The van der Waals surface area contributed by atoms with Crippen molar-refractivity contribution in [2.75, 3.05) is 0 Å². The molecule has 0 N–H and O–H groups in total. The van der Waals surface area contributed by atoms with Gasteiger partial charge in [-0.1, -0.05) is 54.6 Å². The number of halogens is 1. The van der Waals surface area contributed by atoms with Gasteiger partial charge in [0.15, 0.2) is 0 Å². The first-order valence-electron chi connectivity index (χ1n) is 9.83. The van der Waals surface area contributed by atoms with E-state index in [4.69, 9.17) is 4.42 Å². The molecule has 4 rings (SSSR count). The van der Waals surface area contributed by atoms with Crippen molar-refractivity contribution >= 4 is 5.91 Å². The molecule has 3 nitrogen and oxygen atoms in total. The molecule has 4 aromatic rings. The molecule has 150 valence electrons. The van der Waals surface area contributed by atoms with Gasteiger partial charge >= 0.3 is 0 Å². The van der Waals surface area contributed by atoms with Crippen molar-refractivity contribution in [2.45, 2.75) is 20.0 Å². The van der Waals surface area contributed by atoms with Crippen LogP contribution < -0.4 is 0 Å². The Labute approximate surface area is 175 Å². The molecule has 0 atom stereocenters. The van der Waals surface area contributed by atoms with E-state index in [1.807, 2.05) is 73.7 Å². The number of hydrogen-bond donors (Lipinski definition) is 0. The van der Waals surface area contributed by atoms with Gasteiger partial charge in [-0.2, -0.15) is 0 Å². The van der Waals surface area contributed by atoms with E-state index in [0.717, 1.165) is 22.5 Å². The molecule has 30 heavy (non-hydrogen) atoms. The Morgan fingerprint density at radius 1 is 0.800 bits per heavy atom. The highest BCUT2D eigenvalue weighted by Crippen LogP contribution is 2.21. The Morgan fingerprint density at radius 2 is 1.47 bits per heavy atom. The lowest BCUT2D eigenvalue weighted by molar-refractivity contribution is 0.0717. The molecule has 4 heteroatoms. The molecule has 0 saturated heterocycles.